The minimum absolute atomic E-state index is 0.0254. The number of halogens is 2. The average Bonchev–Trinajstić information content (AvgIpc) is 2.54. The van der Waals surface area contributed by atoms with Gasteiger partial charge in [-0.1, -0.05) is 0 Å². The van der Waals surface area contributed by atoms with Crippen LogP contribution in [0.5, 0.6) is 5.75 Å². The van der Waals surface area contributed by atoms with E-state index in [0.717, 1.165) is 12.1 Å². The van der Waals surface area contributed by atoms with E-state index in [2.05, 4.69) is 10.6 Å². The van der Waals surface area contributed by atoms with Crippen LogP contribution in [0.25, 0.3) is 0 Å². The van der Waals surface area contributed by atoms with E-state index >= 15 is 0 Å². The molecule has 0 bridgehead atoms. The smallest absolute Gasteiger partial charge is 0.250 e. The number of carbonyl (C=O) groups is 1. The Balaban J connectivity index is 1.69. The summed E-state index contributed by atoms with van der Waals surface area (Å²) < 4.78 is 36.1. The van der Waals surface area contributed by atoms with Gasteiger partial charge in [0, 0.05) is 25.7 Å². The van der Waals surface area contributed by atoms with Crippen molar-refractivity contribution in [1.29, 1.82) is 0 Å². The van der Waals surface area contributed by atoms with Crippen LogP contribution in [0.15, 0.2) is 18.2 Å². The van der Waals surface area contributed by atoms with Crippen LogP contribution in [0.1, 0.15) is 0 Å². The molecule has 2 atom stereocenters. The standard InChI is InChI=1S/C14H18F2N2O4/c15-11-2-1-10(5-12(11)16)22-8-9(19)6-18-14(20)13-7-17-3-4-21-13/h1-2,5,9,13,17,19H,3-4,6-8H2,(H,18,20). The number of morpholine rings is 1. The Morgan fingerprint density at radius 2 is 2.32 bits per heavy atom. The van der Waals surface area contributed by atoms with E-state index in [4.69, 9.17) is 9.47 Å². The molecule has 3 N–H and O–H groups in total. The van der Waals surface area contributed by atoms with Gasteiger partial charge in [0.25, 0.3) is 5.91 Å². The molecule has 1 heterocycles. The third-order valence-electron chi connectivity index (χ3n) is 3.07. The molecular formula is C14H18F2N2O4. The number of ether oxygens (including phenoxy) is 2. The van der Waals surface area contributed by atoms with Crippen LogP contribution in [-0.4, -0.2) is 56.1 Å². The van der Waals surface area contributed by atoms with Crippen LogP contribution < -0.4 is 15.4 Å². The molecule has 2 unspecified atom stereocenters. The molecule has 0 aromatic heterocycles. The number of benzene rings is 1. The summed E-state index contributed by atoms with van der Waals surface area (Å²) in [4.78, 5) is 11.7. The molecule has 0 radical (unpaired) electrons. The zero-order valence-corrected chi connectivity index (χ0v) is 11.9. The lowest BCUT2D eigenvalue weighted by atomic mass is 10.2. The molecule has 0 aliphatic carbocycles. The molecule has 122 valence electrons. The van der Waals surface area contributed by atoms with Crippen molar-refractivity contribution >= 4 is 5.91 Å². The van der Waals surface area contributed by atoms with Gasteiger partial charge in [0.1, 0.15) is 24.6 Å². The average molecular weight is 316 g/mol. The van der Waals surface area contributed by atoms with Gasteiger partial charge in [-0.25, -0.2) is 8.78 Å². The minimum atomic E-state index is -1.03. The Bertz CT molecular complexity index is 510. The summed E-state index contributed by atoms with van der Waals surface area (Å²) in [5, 5.41) is 15.3. The maximum absolute atomic E-state index is 13.0. The number of amides is 1. The first-order chi connectivity index (χ1) is 10.6. The zero-order valence-electron chi connectivity index (χ0n) is 11.9. The number of nitrogens with one attached hydrogen (secondary N) is 2. The molecule has 0 spiro atoms. The van der Waals surface area contributed by atoms with Gasteiger partial charge in [-0.2, -0.15) is 0 Å². The van der Waals surface area contributed by atoms with Crippen molar-refractivity contribution in [3.63, 3.8) is 0 Å². The maximum atomic E-state index is 13.0. The van der Waals surface area contributed by atoms with Crippen molar-refractivity contribution in [2.24, 2.45) is 0 Å². The van der Waals surface area contributed by atoms with E-state index in [1.165, 1.54) is 6.07 Å². The van der Waals surface area contributed by atoms with Crippen LogP contribution in [0.2, 0.25) is 0 Å². The van der Waals surface area contributed by atoms with Gasteiger partial charge in [-0.05, 0) is 12.1 Å². The number of rotatable bonds is 6. The van der Waals surface area contributed by atoms with Gasteiger partial charge in [-0.15, -0.1) is 0 Å². The highest BCUT2D eigenvalue weighted by Gasteiger charge is 2.22. The van der Waals surface area contributed by atoms with Crippen molar-refractivity contribution in [2.75, 3.05) is 32.8 Å². The van der Waals surface area contributed by atoms with Gasteiger partial charge >= 0.3 is 0 Å². The van der Waals surface area contributed by atoms with Gasteiger partial charge in [0.15, 0.2) is 11.6 Å². The highest BCUT2D eigenvalue weighted by atomic mass is 19.2. The number of aliphatic hydroxyl groups is 1. The molecule has 1 aromatic carbocycles. The third kappa shape index (κ3) is 4.90. The highest BCUT2D eigenvalue weighted by Crippen LogP contribution is 2.15. The summed E-state index contributed by atoms with van der Waals surface area (Å²) in [5.74, 6) is -2.22. The van der Waals surface area contributed by atoms with Crippen LogP contribution in [0, 0.1) is 11.6 Å². The summed E-state index contributed by atoms with van der Waals surface area (Å²) in [6, 6.07) is 3.08. The number of aliphatic hydroxyl groups excluding tert-OH is 1. The fourth-order valence-electron chi connectivity index (χ4n) is 1.88. The Morgan fingerprint density at radius 3 is 3.00 bits per heavy atom. The lowest BCUT2D eigenvalue weighted by Gasteiger charge is -2.23. The molecule has 6 nitrogen and oxygen atoms in total. The fourth-order valence-corrected chi connectivity index (χ4v) is 1.88. The van der Waals surface area contributed by atoms with Crippen molar-refractivity contribution in [3.05, 3.63) is 29.8 Å². The topological polar surface area (TPSA) is 79.8 Å². The van der Waals surface area contributed by atoms with Gasteiger partial charge in [0.2, 0.25) is 0 Å². The van der Waals surface area contributed by atoms with Crippen LogP contribution in [-0.2, 0) is 9.53 Å². The molecule has 1 aliphatic rings. The summed E-state index contributed by atoms with van der Waals surface area (Å²) >= 11 is 0. The van der Waals surface area contributed by atoms with E-state index in [1.54, 1.807) is 0 Å². The second-order valence-electron chi connectivity index (χ2n) is 4.85. The third-order valence-corrected chi connectivity index (χ3v) is 3.07. The molecule has 1 amide bonds. The van der Waals surface area contributed by atoms with Crippen molar-refractivity contribution < 1.29 is 28.2 Å². The molecular weight excluding hydrogens is 298 g/mol. The summed E-state index contributed by atoms with van der Waals surface area (Å²) in [6.45, 7) is 1.40. The highest BCUT2D eigenvalue weighted by molar-refractivity contribution is 5.81. The first-order valence-electron chi connectivity index (χ1n) is 6.92. The molecule has 1 aliphatic heterocycles. The molecule has 1 fully saturated rings. The predicted molar refractivity (Wildman–Crippen MR) is 73.5 cm³/mol. The van der Waals surface area contributed by atoms with E-state index < -0.39 is 23.8 Å². The van der Waals surface area contributed by atoms with Crippen LogP contribution in [0.3, 0.4) is 0 Å². The Morgan fingerprint density at radius 1 is 1.50 bits per heavy atom. The van der Waals surface area contributed by atoms with E-state index in [-0.39, 0.29) is 24.8 Å². The largest absolute Gasteiger partial charge is 0.491 e. The van der Waals surface area contributed by atoms with Crippen molar-refractivity contribution in [3.8, 4) is 5.75 Å². The Labute approximate surface area is 126 Å². The first-order valence-corrected chi connectivity index (χ1v) is 6.92. The van der Waals surface area contributed by atoms with Crippen molar-refractivity contribution in [1.82, 2.24) is 10.6 Å². The number of hydrogen-bond donors (Lipinski definition) is 3. The molecule has 8 heteroatoms. The minimum Gasteiger partial charge on any atom is -0.491 e. The monoisotopic (exact) mass is 316 g/mol. The zero-order chi connectivity index (χ0) is 15.9. The summed E-state index contributed by atoms with van der Waals surface area (Å²) in [6.07, 6.45) is -1.55. The first kappa shape index (κ1) is 16.6. The fraction of sp³-hybridized carbons (Fsp3) is 0.500. The Hall–Kier alpha value is -1.77. The quantitative estimate of drug-likeness (QED) is 0.678. The molecule has 22 heavy (non-hydrogen) atoms. The lowest BCUT2D eigenvalue weighted by molar-refractivity contribution is -0.134. The Kier molecular flexibility index (Phi) is 6.05. The molecule has 1 saturated heterocycles. The van der Waals surface area contributed by atoms with Crippen LogP contribution in [0.4, 0.5) is 8.78 Å². The molecule has 0 saturated carbocycles. The lowest BCUT2D eigenvalue weighted by Crippen LogP contribution is -2.49. The van der Waals surface area contributed by atoms with E-state index in [1.807, 2.05) is 0 Å². The second-order valence-corrected chi connectivity index (χ2v) is 4.85. The van der Waals surface area contributed by atoms with E-state index in [0.29, 0.717) is 19.7 Å². The number of hydrogen-bond acceptors (Lipinski definition) is 5. The predicted octanol–water partition coefficient (Wildman–Crippen LogP) is -0.191. The second kappa shape index (κ2) is 8.02. The molecule has 2 rings (SSSR count). The van der Waals surface area contributed by atoms with Crippen LogP contribution >= 0.6 is 0 Å². The van der Waals surface area contributed by atoms with Gasteiger partial charge in [-0.3, -0.25) is 4.79 Å². The van der Waals surface area contributed by atoms with Gasteiger partial charge < -0.3 is 25.2 Å². The maximum Gasteiger partial charge on any atom is 0.250 e. The molecule has 1 aromatic rings. The normalized spacial score (nSPS) is 19.5. The number of carbonyl (C=O) groups excluding carboxylic acids is 1. The SMILES string of the molecule is O=C(NCC(O)COc1ccc(F)c(F)c1)C1CNCCO1. The van der Waals surface area contributed by atoms with Gasteiger partial charge in [0.05, 0.1) is 6.61 Å². The van der Waals surface area contributed by atoms with Crippen molar-refractivity contribution in [2.45, 2.75) is 12.2 Å². The summed E-state index contributed by atoms with van der Waals surface area (Å²) in [7, 11) is 0. The summed E-state index contributed by atoms with van der Waals surface area (Å²) in [5.41, 5.74) is 0. The van der Waals surface area contributed by atoms with E-state index in [9.17, 15) is 18.7 Å².